The number of halogens is 1. The highest BCUT2D eigenvalue weighted by Gasteiger charge is 2.17. The summed E-state index contributed by atoms with van der Waals surface area (Å²) in [4.78, 5) is 0. The SMILES string of the molecule is CC1Cc2cc(NSc3ccc(Cl)s3)ccc2NC(=S)O1. The highest BCUT2D eigenvalue weighted by molar-refractivity contribution is 8.02. The van der Waals surface area contributed by atoms with E-state index in [1.165, 1.54) is 5.56 Å². The first-order valence-electron chi connectivity index (χ1n) is 6.39. The van der Waals surface area contributed by atoms with Crippen molar-refractivity contribution in [3.05, 3.63) is 40.2 Å². The van der Waals surface area contributed by atoms with E-state index in [2.05, 4.69) is 16.1 Å². The summed E-state index contributed by atoms with van der Waals surface area (Å²) >= 11 is 14.2. The minimum absolute atomic E-state index is 0.0743. The number of hydrogen-bond donors (Lipinski definition) is 2. The van der Waals surface area contributed by atoms with Gasteiger partial charge in [-0.3, -0.25) is 0 Å². The van der Waals surface area contributed by atoms with Crippen molar-refractivity contribution in [3.63, 3.8) is 0 Å². The fourth-order valence-corrected chi connectivity index (χ4v) is 4.31. The zero-order chi connectivity index (χ0) is 14.8. The van der Waals surface area contributed by atoms with Gasteiger partial charge in [0.15, 0.2) is 0 Å². The maximum atomic E-state index is 5.93. The van der Waals surface area contributed by atoms with Crippen LogP contribution in [0.4, 0.5) is 11.4 Å². The Hall–Kier alpha value is -0.950. The second-order valence-electron chi connectivity index (χ2n) is 4.68. The summed E-state index contributed by atoms with van der Waals surface area (Å²) in [6, 6.07) is 10.1. The van der Waals surface area contributed by atoms with Crippen LogP contribution in [0.3, 0.4) is 0 Å². The maximum absolute atomic E-state index is 5.93. The smallest absolute Gasteiger partial charge is 0.261 e. The van der Waals surface area contributed by atoms with E-state index in [9.17, 15) is 0 Å². The Bertz CT molecular complexity index is 674. The Kier molecular flexibility index (Phi) is 4.59. The van der Waals surface area contributed by atoms with Gasteiger partial charge in [0.2, 0.25) is 0 Å². The molecule has 3 rings (SSSR count). The average Bonchev–Trinajstić information content (AvgIpc) is 2.77. The molecular weight excluding hydrogens is 344 g/mol. The van der Waals surface area contributed by atoms with Crippen molar-refractivity contribution in [2.75, 3.05) is 10.0 Å². The number of ether oxygens (including phenoxy) is 1. The highest BCUT2D eigenvalue weighted by atomic mass is 35.5. The third-order valence-electron chi connectivity index (χ3n) is 2.98. The van der Waals surface area contributed by atoms with Crippen LogP contribution in [0.5, 0.6) is 0 Å². The Labute approximate surface area is 142 Å². The quantitative estimate of drug-likeness (QED) is 0.585. The molecule has 21 heavy (non-hydrogen) atoms. The molecule has 1 aliphatic heterocycles. The largest absolute Gasteiger partial charge is 0.467 e. The molecule has 2 N–H and O–H groups in total. The molecule has 7 heteroatoms. The van der Waals surface area contributed by atoms with Gasteiger partial charge in [-0.1, -0.05) is 11.6 Å². The second-order valence-corrected chi connectivity index (χ2v) is 7.87. The number of fused-ring (bicyclic) bond motifs is 1. The van der Waals surface area contributed by atoms with Gasteiger partial charge in [-0.25, -0.2) is 0 Å². The standard InChI is InChI=1S/C14H13ClN2OS3/c1-8-6-9-7-10(2-3-11(9)16-14(19)18-8)17-21-13-5-4-12(15)20-13/h2-5,7-8,17H,6H2,1H3,(H,16,19). The molecule has 3 nitrogen and oxygen atoms in total. The molecule has 0 fully saturated rings. The molecule has 1 aromatic carbocycles. The normalized spacial score (nSPS) is 17.4. The summed E-state index contributed by atoms with van der Waals surface area (Å²) in [7, 11) is 0. The molecule has 1 aliphatic rings. The van der Waals surface area contributed by atoms with Crippen LogP contribution >= 0.6 is 47.1 Å². The lowest BCUT2D eigenvalue weighted by molar-refractivity contribution is 0.217. The predicted molar refractivity (Wildman–Crippen MR) is 95.7 cm³/mol. The van der Waals surface area contributed by atoms with Gasteiger partial charge in [-0.15, -0.1) is 11.3 Å². The number of rotatable bonds is 3. The van der Waals surface area contributed by atoms with Crippen LogP contribution in [0, 0.1) is 0 Å². The summed E-state index contributed by atoms with van der Waals surface area (Å²) in [6.07, 6.45) is 0.901. The number of thiocarbonyl (C=S) groups is 1. The number of hydrogen-bond acceptors (Lipinski definition) is 5. The lowest BCUT2D eigenvalue weighted by Crippen LogP contribution is -2.16. The third-order valence-corrected chi connectivity index (χ3v) is 5.37. The molecule has 110 valence electrons. The monoisotopic (exact) mass is 356 g/mol. The van der Waals surface area contributed by atoms with E-state index in [4.69, 9.17) is 28.6 Å². The molecule has 1 aromatic heterocycles. The molecule has 0 aliphatic carbocycles. The molecular formula is C14H13ClN2OS3. The highest BCUT2D eigenvalue weighted by Crippen LogP contribution is 2.32. The fourth-order valence-electron chi connectivity index (χ4n) is 2.08. The van der Waals surface area contributed by atoms with Crippen molar-refractivity contribution in [1.82, 2.24) is 0 Å². The molecule has 1 atom stereocenters. The topological polar surface area (TPSA) is 33.3 Å². The van der Waals surface area contributed by atoms with Crippen LogP contribution in [-0.4, -0.2) is 11.3 Å². The van der Waals surface area contributed by atoms with E-state index >= 15 is 0 Å². The zero-order valence-corrected chi connectivity index (χ0v) is 14.4. The second kappa shape index (κ2) is 6.44. The van der Waals surface area contributed by atoms with E-state index in [0.29, 0.717) is 5.17 Å². The Balaban J connectivity index is 1.74. The van der Waals surface area contributed by atoms with Gasteiger partial charge in [0.1, 0.15) is 6.10 Å². The van der Waals surface area contributed by atoms with Crippen LogP contribution in [0.1, 0.15) is 12.5 Å². The Morgan fingerprint density at radius 2 is 2.29 bits per heavy atom. The number of nitrogens with one attached hydrogen (secondary N) is 2. The van der Waals surface area contributed by atoms with E-state index in [0.717, 1.165) is 26.3 Å². The van der Waals surface area contributed by atoms with Gasteiger partial charge < -0.3 is 14.8 Å². The summed E-state index contributed by atoms with van der Waals surface area (Å²) in [5.74, 6) is 0. The van der Waals surface area contributed by atoms with Crippen LogP contribution in [-0.2, 0) is 11.2 Å². The summed E-state index contributed by atoms with van der Waals surface area (Å²) in [5, 5.41) is 3.55. The van der Waals surface area contributed by atoms with Crippen molar-refractivity contribution in [2.24, 2.45) is 0 Å². The van der Waals surface area contributed by atoms with Crippen molar-refractivity contribution in [3.8, 4) is 0 Å². The molecule has 0 radical (unpaired) electrons. The van der Waals surface area contributed by atoms with Crippen LogP contribution in [0.25, 0.3) is 0 Å². The Morgan fingerprint density at radius 3 is 3.05 bits per heavy atom. The zero-order valence-electron chi connectivity index (χ0n) is 11.2. The van der Waals surface area contributed by atoms with Crippen LogP contribution in [0.2, 0.25) is 4.34 Å². The average molecular weight is 357 g/mol. The minimum Gasteiger partial charge on any atom is -0.467 e. The maximum Gasteiger partial charge on any atom is 0.261 e. The van der Waals surface area contributed by atoms with Gasteiger partial charge >= 0.3 is 0 Å². The van der Waals surface area contributed by atoms with E-state index in [1.807, 2.05) is 31.2 Å². The first kappa shape index (κ1) is 15.0. The summed E-state index contributed by atoms with van der Waals surface area (Å²) < 4.78 is 10.8. The molecule has 0 spiro atoms. The lowest BCUT2D eigenvalue weighted by atomic mass is 10.1. The molecule has 2 heterocycles. The number of thiophene rings is 1. The number of benzene rings is 1. The molecule has 0 amide bonds. The molecule has 0 saturated carbocycles. The van der Waals surface area contributed by atoms with Crippen molar-refractivity contribution < 1.29 is 4.74 Å². The van der Waals surface area contributed by atoms with Crippen molar-refractivity contribution >= 4 is 63.7 Å². The first-order chi connectivity index (χ1) is 10.1. The lowest BCUT2D eigenvalue weighted by Gasteiger charge is -2.10. The van der Waals surface area contributed by atoms with Gasteiger partial charge in [0.25, 0.3) is 5.17 Å². The van der Waals surface area contributed by atoms with Gasteiger partial charge in [0, 0.05) is 17.8 Å². The van der Waals surface area contributed by atoms with E-state index in [-0.39, 0.29) is 6.10 Å². The van der Waals surface area contributed by atoms with Crippen molar-refractivity contribution in [1.29, 1.82) is 0 Å². The first-order valence-corrected chi connectivity index (χ1v) is 8.81. The summed E-state index contributed by atoms with van der Waals surface area (Å²) in [5.41, 5.74) is 3.25. The third kappa shape index (κ3) is 3.83. The molecule has 2 aromatic rings. The van der Waals surface area contributed by atoms with Gasteiger partial charge in [0.05, 0.1) is 8.55 Å². The number of anilines is 2. The molecule has 0 bridgehead atoms. The van der Waals surface area contributed by atoms with Crippen LogP contribution < -0.4 is 10.0 Å². The minimum atomic E-state index is 0.0743. The van der Waals surface area contributed by atoms with E-state index < -0.39 is 0 Å². The van der Waals surface area contributed by atoms with Gasteiger partial charge in [-0.05, 0) is 67.0 Å². The predicted octanol–water partition coefficient (Wildman–Crippen LogP) is 5.18. The van der Waals surface area contributed by atoms with E-state index in [1.54, 1.807) is 23.3 Å². The molecule has 0 saturated heterocycles. The van der Waals surface area contributed by atoms with Crippen LogP contribution in [0.15, 0.2) is 34.5 Å². The fraction of sp³-hybridized carbons (Fsp3) is 0.214. The summed E-state index contributed by atoms with van der Waals surface area (Å²) in [6.45, 7) is 2.02. The Morgan fingerprint density at radius 1 is 1.43 bits per heavy atom. The van der Waals surface area contributed by atoms with Crippen molar-refractivity contribution in [2.45, 2.75) is 23.7 Å². The van der Waals surface area contributed by atoms with Gasteiger partial charge in [-0.2, -0.15) is 0 Å². The molecule has 1 unspecified atom stereocenters.